The van der Waals surface area contributed by atoms with Gasteiger partial charge < -0.3 is 9.63 Å². The minimum Gasteiger partial charge on any atom is -0.477 e. The first-order chi connectivity index (χ1) is 10.1. The molecular weight excluding hydrogens is 312 g/mol. The Morgan fingerprint density at radius 2 is 2.24 bits per heavy atom. The van der Waals surface area contributed by atoms with Crippen LogP contribution in [0.3, 0.4) is 0 Å². The second-order valence-corrected chi connectivity index (χ2v) is 6.20. The number of nitrogens with zero attached hydrogens (tertiary/aromatic N) is 4. The van der Waals surface area contributed by atoms with Crippen molar-refractivity contribution in [1.29, 1.82) is 0 Å². The largest absolute Gasteiger partial charge is 0.477 e. The van der Waals surface area contributed by atoms with E-state index in [0.717, 1.165) is 21.7 Å². The van der Waals surface area contributed by atoms with Gasteiger partial charge in [0.15, 0.2) is 5.82 Å². The lowest BCUT2D eigenvalue weighted by Gasteiger charge is -2.00. The van der Waals surface area contributed by atoms with Gasteiger partial charge in [-0.2, -0.15) is 4.98 Å². The van der Waals surface area contributed by atoms with Crippen molar-refractivity contribution in [3.63, 3.8) is 0 Å². The van der Waals surface area contributed by atoms with Crippen LogP contribution >= 0.6 is 23.1 Å². The number of thiophene rings is 1. The molecule has 9 heteroatoms. The summed E-state index contributed by atoms with van der Waals surface area (Å²) in [6, 6.07) is 0. The molecule has 0 saturated carbocycles. The molecule has 7 nitrogen and oxygen atoms in total. The molecule has 0 aliphatic carbocycles. The van der Waals surface area contributed by atoms with E-state index in [1.165, 1.54) is 18.1 Å². The van der Waals surface area contributed by atoms with Crippen LogP contribution in [0.25, 0.3) is 10.2 Å². The number of thioether (sulfide) groups is 1. The van der Waals surface area contributed by atoms with E-state index in [2.05, 4.69) is 20.1 Å². The number of aromatic nitrogens is 4. The van der Waals surface area contributed by atoms with Gasteiger partial charge in [-0.05, 0) is 12.5 Å². The van der Waals surface area contributed by atoms with Crippen molar-refractivity contribution in [3.8, 4) is 0 Å². The quantitative estimate of drug-likeness (QED) is 0.578. The predicted octanol–water partition coefficient (Wildman–Crippen LogP) is 2.68. The number of carbonyl (C=O) groups is 1. The van der Waals surface area contributed by atoms with E-state index < -0.39 is 5.97 Å². The van der Waals surface area contributed by atoms with E-state index in [4.69, 9.17) is 4.52 Å². The molecule has 0 bridgehead atoms. The number of rotatable bonds is 4. The molecule has 0 spiro atoms. The number of carboxylic acids is 1. The van der Waals surface area contributed by atoms with Gasteiger partial charge in [-0.3, -0.25) is 0 Å². The molecule has 0 fully saturated rings. The van der Waals surface area contributed by atoms with Crippen LogP contribution < -0.4 is 0 Å². The molecule has 0 aliphatic heterocycles. The fraction of sp³-hybridized carbons (Fsp3) is 0.250. The summed E-state index contributed by atoms with van der Waals surface area (Å²) in [5, 5.41) is 14.5. The molecule has 0 unspecified atom stereocenters. The second-order valence-electron chi connectivity index (χ2n) is 4.24. The Balaban J connectivity index is 1.96. The van der Waals surface area contributed by atoms with Crippen LogP contribution in [0.4, 0.5) is 0 Å². The number of hydrogen-bond donors (Lipinski definition) is 1. The van der Waals surface area contributed by atoms with Crippen molar-refractivity contribution in [2.45, 2.75) is 24.6 Å². The summed E-state index contributed by atoms with van der Waals surface area (Å²) < 4.78 is 4.92. The van der Waals surface area contributed by atoms with E-state index >= 15 is 0 Å². The number of fused-ring (bicyclic) bond motifs is 1. The third-order valence-corrected chi connectivity index (χ3v) is 4.97. The Bertz CT molecular complexity index is 827. The molecular formula is C12H10N4O3S2. The molecule has 0 saturated heterocycles. The first kappa shape index (κ1) is 14.0. The Hall–Kier alpha value is -2.00. The van der Waals surface area contributed by atoms with Gasteiger partial charge in [0.25, 0.3) is 0 Å². The van der Waals surface area contributed by atoms with Crippen LogP contribution in [0.1, 0.15) is 27.0 Å². The average molecular weight is 322 g/mol. The summed E-state index contributed by atoms with van der Waals surface area (Å²) in [4.78, 5) is 24.7. The van der Waals surface area contributed by atoms with Crippen LogP contribution in [-0.4, -0.2) is 31.2 Å². The highest BCUT2D eigenvalue weighted by molar-refractivity contribution is 7.98. The molecule has 1 N–H and O–H groups in total. The molecule has 21 heavy (non-hydrogen) atoms. The normalized spacial score (nSPS) is 11.1. The summed E-state index contributed by atoms with van der Waals surface area (Å²) >= 11 is 2.59. The minimum atomic E-state index is -0.944. The highest BCUT2D eigenvalue weighted by Gasteiger charge is 2.19. The zero-order valence-corrected chi connectivity index (χ0v) is 12.8. The summed E-state index contributed by atoms with van der Waals surface area (Å²) in [5.74, 6) is 0.649. The second kappa shape index (κ2) is 5.41. The molecule has 3 rings (SSSR count). The van der Waals surface area contributed by atoms with Crippen molar-refractivity contribution in [2.75, 3.05) is 0 Å². The third kappa shape index (κ3) is 2.61. The highest BCUT2D eigenvalue weighted by atomic mass is 32.2. The topological polar surface area (TPSA) is 102 Å². The zero-order valence-electron chi connectivity index (χ0n) is 11.2. The lowest BCUT2D eigenvalue weighted by atomic mass is 10.2. The number of aromatic carboxylic acids is 1. The fourth-order valence-corrected chi connectivity index (χ4v) is 3.84. The molecule has 0 aromatic carbocycles. The summed E-state index contributed by atoms with van der Waals surface area (Å²) in [7, 11) is 0. The predicted molar refractivity (Wildman–Crippen MR) is 77.7 cm³/mol. The molecule has 3 heterocycles. The smallest absolute Gasteiger partial charge is 0.346 e. The summed E-state index contributed by atoms with van der Waals surface area (Å²) in [6.45, 7) is 3.50. The van der Waals surface area contributed by atoms with Gasteiger partial charge in [-0.25, -0.2) is 14.8 Å². The number of carboxylic acid groups (broad SMARTS) is 1. The van der Waals surface area contributed by atoms with Crippen molar-refractivity contribution >= 4 is 39.3 Å². The maximum Gasteiger partial charge on any atom is 0.346 e. The fourth-order valence-electron chi connectivity index (χ4n) is 1.89. The van der Waals surface area contributed by atoms with E-state index in [-0.39, 0.29) is 0 Å². The lowest BCUT2D eigenvalue weighted by Crippen LogP contribution is -1.94. The van der Waals surface area contributed by atoms with Gasteiger partial charge in [-0.1, -0.05) is 16.9 Å². The first-order valence-electron chi connectivity index (χ1n) is 5.95. The molecule has 0 amide bonds. The molecule has 0 aliphatic rings. The Morgan fingerprint density at radius 1 is 1.43 bits per heavy atom. The molecule has 0 atom stereocenters. The SMILES string of the molecule is Cc1nc(CSc2ncnc3sc(C(=O)O)c(C)c23)no1. The Kier molecular flexibility index (Phi) is 3.60. The van der Waals surface area contributed by atoms with Gasteiger partial charge >= 0.3 is 5.97 Å². The van der Waals surface area contributed by atoms with Crippen molar-refractivity contribution < 1.29 is 14.4 Å². The van der Waals surface area contributed by atoms with Crippen LogP contribution in [0.5, 0.6) is 0 Å². The number of aryl methyl sites for hydroxylation is 2. The van der Waals surface area contributed by atoms with Gasteiger partial charge in [-0.15, -0.1) is 11.3 Å². The van der Waals surface area contributed by atoms with E-state index in [1.807, 2.05) is 0 Å². The molecule has 3 aromatic rings. The maximum atomic E-state index is 11.2. The lowest BCUT2D eigenvalue weighted by molar-refractivity contribution is 0.0701. The standard InChI is InChI=1S/C12H10N4O3S2/c1-5-8-10(20-3-7-15-6(2)19-16-7)13-4-14-11(8)21-9(5)12(17)18/h4H,3H2,1-2H3,(H,17,18). The van der Waals surface area contributed by atoms with Gasteiger partial charge in [0.2, 0.25) is 5.89 Å². The van der Waals surface area contributed by atoms with E-state index in [1.54, 1.807) is 13.8 Å². The summed E-state index contributed by atoms with van der Waals surface area (Å²) in [5.41, 5.74) is 0.690. The zero-order chi connectivity index (χ0) is 15.0. The first-order valence-corrected chi connectivity index (χ1v) is 7.76. The minimum absolute atomic E-state index is 0.294. The number of hydrogen-bond acceptors (Lipinski definition) is 8. The third-order valence-electron chi connectivity index (χ3n) is 2.79. The Labute approximate surface area is 127 Å². The van der Waals surface area contributed by atoms with E-state index in [0.29, 0.717) is 32.7 Å². The van der Waals surface area contributed by atoms with Crippen molar-refractivity contribution in [2.24, 2.45) is 0 Å². The van der Waals surface area contributed by atoms with Crippen LogP contribution in [-0.2, 0) is 5.75 Å². The van der Waals surface area contributed by atoms with Gasteiger partial charge in [0.05, 0.1) is 5.75 Å². The molecule has 3 aromatic heterocycles. The van der Waals surface area contributed by atoms with Crippen molar-refractivity contribution in [3.05, 3.63) is 28.5 Å². The van der Waals surface area contributed by atoms with E-state index in [9.17, 15) is 9.90 Å². The van der Waals surface area contributed by atoms with Crippen LogP contribution in [0.2, 0.25) is 0 Å². The highest BCUT2D eigenvalue weighted by Crippen LogP contribution is 2.35. The van der Waals surface area contributed by atoms with Crippen LogP contribution in [0.15, 0.2) is 15.9 Å². The Morgan fingerprint density at radius 3 is 2.90 bits per heavy atom. The van der Waals surface area contributed by atoms with Gasteiger partial charge in [0.1, 0.15) is 21.1 Å². The maximum absolute atomic E-state index is 11.2. The summed E-state index contributed by atoms with van der Waals surface area (Å²) in [6.07, 6.45) is 1.44. The molecule has 0 radical (unpaired) electrons. The molecule has 108 valence electrons. The van der Waals surface area contributed by atoms with Crippen molar-refractivity contribution in [1.82, 2.24) is 20.1 Å². The monoisotopic (exact) mass is 322 g/mol. The van der Waals surface area contributed by atoms with Crippen LogP contribution in [0, 0.1) is 13.8 Å². The van der Waals surface area contributed by atoms with Gasteiger partial charge in [0, 0.05) is 12.3 Å². The average Bonchev–Trinajstić information content (AvgIpc) is 3.01.